The average Bonchev–Trinajstić information content (AvgIpc) is 2.66. The van der Waals surface area contributed by atoms with Crippen LogP contribution >= 0.6 is 0 Å². The molecule has 6 heteroatoms. The number of aliphatic hydroxyl groups is 1. The minimum Gasteiger partial charge on any atom is -0.748 e. The van der Waals surface area contributed by atoms with Gasteiger partial charge in [0.15, 0.2) is 0 Å². The fraction of sp³-hybridized carbons (Fsp3) is 1.00. The van der Waals surface area contributed by atoms with Crippen LogP contribution in [-0.2, 0) is 10.1 Å². The van der Waals surface area contributed by atoms with E-state index in [1.807, 2.05) is 0 Å². The van der Waals surface area contributed by atoms with Crippen molar-refractivity contribution in [1.82, 2.24) is 0 Å². The van der Waals surface area contributed by atoms with Gasteiger partial charge in [-0.15, -0.1) is 0 Å². The summed E-state index contributed by atoms with van der Waals surface area (Å²) in [7, 11) is -4.01. The predicted molar refractivity (Wildman–Crippen MR) is 123 cm³/mol. The van der Waals surface area contributed by atoms with Crippen LogP contribution in [-0.4, -0.2) is 29.9 Å². The van der Waals surface area contributed by atoms with Crippen LogP contribution in [0, 0.1) is 0 Å². The predicted octanol–water partition coefficient (Wildman–Crippen LogP) is 4.11. The Kier molecular flexibility index (Phi) is 28.2. The minimum absolute atomic E-state index is 0. The molecule has 0 aliphatic carbocycles. The van der Waals surface area contributed by atoms with Gasteiger partial charge in [0.2, 0.25) is 0 Å². The van der Waals surface area contributed by atoms with Gasteiger partial charge in [0.05, 0.1) is 16.2 Å². The molecule has 1 N–H and O–H groups in total. The van der Waals surface area contributed by atoms with E-state index in [9.17, 15) is 18.1 Å². The van der Waals surface area contributed by atoms with Crippen molar-refractivity contribution < 1.29 is 69.5 Å². The van der Waals surface area contributed by atoms with Crippen molar-refractivity contribution in [3.05, 3.63) is 0 Å². The Morgan fingerprint density at radius 3 is 1.23 bits per heavy atom. The van der Waals surface area contributed by atoms with Crippen molar-refractivity contribution >= 4 is 10.1 Å². The van der Waals surface area contributed by atoms with Crippen LogP contribution in [0.3, 0.4) is 0 Å². The van der Waals surface area contributed by atoms with E-state index in [0.29, 0.717) is 6.42 Å². The molecule has 0 aliphatic heterocycles. The first kappa shape index (κ1) is 33.7. The maximum Gasteiger partial charge on any atom is 1.00 e. The molecule has 0 saturated heterocycles. The molecule has 176 valence electrons. The Balaban J connectivity index is 0. The van der Waals surface area contributed by atoms with Crippen molar-refractivity contribution in [2.24, 2.45) is 0 Å². The third-order valence-corrected chi connectivity index (χ3v) is 6.61. The molecule has 0 bridgehead atoms. The number of rotatable bonds is 23. The van der Waals surface area contributed by atoms with E-state index < -0.39 is 10.1 Å². The molecule has 0 saturated carbocycles. The second-order valence-corrected chi connectivity index (χ2v) is 10.4. The molecule has 0 fully saturated rings. The zero-order valence-electron chi connectivity index (χ0n) is 20.2. The van der Waals surface area contributed by atoms with Gasteiger partial charge in [-0.25, -0.2) is 8.42 Å². The standard InChI is InChI=1S/C24H50O4S.K/c1-2-3-18-21-24(25)22-19-16-14-12-10-8-6-4-5-7-9-11-13-15-17-20-23-29(26,27)28;/h24-25H,2-23H2,1H3,(H,26,27,28);/q;+1/p-1. The molecule has 4 nitrogen and oxygen atoms in total. The monoisotopic (exact) mass is 472 g/mol. The molecule has 0 amide bonds. The second kappa shape index (κ2) is 25.1. The molecule has 0 aromatic carbocycles. The summed E-state index contributed by atoms with van der Waals surface area (Å²) >= 11 is 0. The number of aliphatic hydroxyl groups excluding tert-OH is 1. The molecule has 0 aromatic rings. The third kappa shape index (κ3) is 29.5. The van der Waals surface area contributed by atoms with Crippen LogP contribution in [0.1, 0.15) is 142 Å². The Labute approximate surface area is 230 Å². The Bertz CT molecular complexity index is 429. The van der Waals surface area contributed by atoms with Crippen molar-refractivity contribution in [1.29, 1.82) is 0 Å². The average molecular weight is 473 g/mol. The summed E-state index contributed by atoms with van der Waals surface area (Å²) in [5, 5.41) is 9.90. The maximum atomic E-state index is 10.5. The zero-order chi connectivity index (χ0) is 21.6. The molecule has 0 radical (unpaired) electrons. The number of unbranched alkanes of at least 4 members (excludes halogenated alkanes) is 17. The quantitative estimate of drug-likeness (QED) is 0.138. The first-order valence-corrected chi connectivity index (χ1v) is 14.1. The molecule has 1 unspecified atom stereocenters. The molecule has 0 heterocycles. The SMILES string of the molecule is CCCCCC(O)CCCCCCCCCCCCCCCCCCS(=O)(=O)[O-].[K+]. The smallest absolute Gasteiger partial charge is 0.748 e. The van der Waals surface area contributed by atoms with E-state index in [1.54, 1.807) is 0 Å². The number of hydrogen-bond acceptors (Lipinski definition) is 4. The topological polar surface area (TPSA) is 77.4 Å². The van der Waals surface area contributed by atoms with E-state index >= 15 is 0 Å². The summed E-state index contributed by atoms with van der Waals surface area (Å²) in [6, 6.07) is 0. The summed E-state index contributed by atoms with van der Waals surface area (Å²) < 4.78 is 31.5. The molecule has 30 heavy (non-hydrogen) atoms. The van der Waals surface area contributed by atoms with Crippen LogP contribution in [0.5, 0.6) is 0 Å². The van der Waals surface area contributed by atoms with Crippen molar-refractivity contribution in [3.8, 4) is 0 Å². The van der Waals surface area contributed by atoms with Crippen LogP contribution in [0.25, 0.3) is 0 Å². The molecule has 1 atom stereocenters. The van der Waals surface area contributed by atoms with Crippen molar-refractivity contribution in [2.45, 2.75) is 148 Å². The maximum absolute atomic E-state index is 10.5. The molecule has 0 rings (SSSR count). The fourth-order valence-corrected chi connectivity index (χ4v) is 4.47. The van der Waals surface area contributed by atoms with Crippen LogP contribution in [0.15, 0.2) is 0 Å². The second-order valence-electron chi connectivity index (χ2n) is 8.86. The van der Waals surface area contributed by atoms with E-state index in [1.165, 1.54) is 96.3 Å². The largest absolute Gasteiger partial charge is 1.00 e. The molecule has 0 spiro atoms. The van der Waals surface area contributed by atoms with Gasteiger partial charge >= 0.3 is 51.4 Å². The van der Waals surface area contributed by atoms with Gasteiger partial charge in [-0.1, -0.05) is 122 Å². The van der Waals surface area contributed by atoms with E-state index in [2.05, 4.69) is 6.92 Å². The summed E-state index contributed by atoms with van der Waals surface area (Å²) in [4.78, 5) is 0. The van der Waals surface area contributed by atoms with E-state index in [0.717, 1.165) is 32.1 Å². The van der Waals surface area contributed by atoms with Gasteiger partial charge in [0.25, 0.3) is 0 Å². The van der Waals surface area contributed by atoms with Gasteiger partial charge in [0.1, 0.15) is 0 Å². The first-order valence-electron chi connectivity index (χ1n) is 12.6. The summed E-state index contributed by atoms with van der Waals surface area (Å²) in [5.74, 6) is -0.199. The first-order chi connectivity index (χ1) is 14.0. The Morgan fingerprint density at radius 1 is 0.600 bits per heavy atom. The molecular weight excluding hydrogens is 423 g/mol. The van der Waals surface area contributed by atoms with Crippen molar-refractivity contribution in [3.63, 3.8) is 0 Å². The normalized spacial score (nSPS) is 12.6. The van der Waals surface area contributed by atoms with Gasteiger partial charge in [-0.3, -0.25) is 0 Å². The minimum atomic E-state index is -4.01. The fourth-order valence-electron chi connectivity index (χ4n) is 3.91. The third-order valence-electron chi connectivity index (χ3n) is 5.82. The summed E-state index contributed by atoms with van der Waals surface area (Å²) in [5.41, 5.74) is 0. The molecule has 0 aromatic heterocycles. The van der Waals surface area contributed by atoms with Crippen LogP contribution < -0.4 is 51.4 Å². The zero-order valence-corrected chi connectivity index (χ0v) is 24.2. The summed E-state index contributed by atoms with van der Waals surface area (Å²) in [6.07, 6.45) is 24.9. The van der Waals surface area contributed by atoms with Gasteiger partial charge in [0, 0.05) is 5.75 Å². The van der Waals surface area contributed by atoms with Crippen molar-refractivity contribution in [2.75, 3.05) is 5.75 Å². The van der Waals surface area contributed by atoms with Gasteiger partial charge in [-0.05, 0) is 19.3 Å². The summed E-state index contributed by atoms with van der Waals surface area (Å²) in [6.45, 7) is 2.20. The van der Waals surface area contributed by atoms with Gasteiger partial charge < -0.3 is 9.66 Å². The Hall–Kier alpha value is 1.51. The number of hydrogen-bond donors (Lipinski definition) is 1. The van der Waals surface area contributed by atoms with Gasteiger partial charge in [-0.2, -0.15) is 0 Å². The van der Waals surface area contributed by atoms with E-state index in [4.69, 9.17) is 0 Å². The van der Waals surface area contributed by atoms with Crippen LogP contribution in [0.4, 0.5) is 0 Å². The molecular formula is C24H49KO4S. The van der Waals surface area contributed by atoms with E-state index in [-0.39, 0.29) is 63.2 Å². The Morgan fingerprint density at radius 2 is 0.900 bits per heavy atom. The molecule has 0 aliphatic rings. The van der Waals surface area contributed by atoms with Crippen LogP contribution in [0.2, 0.25) is 0 Å².